The van der Waals surface area contributed by atoms with Crippen LogP contribution in [0.5, 0.6) is 0 Å². The van der Waals surface area contributed by atoms with Crippen molar-refractivity contribution in [3.8, 4) is 0 Å². The molecule has 152 valence electrons. The Morgan fingerprint density at radius 1 is 0.640 bits per heavy atom. The van der Waals surface area contributed by atoms with Gasteiger partial charge < -0.3 is 30.8 Å². The highest BCUT2D eigenvalue weighted by Crippen LogP contribution is 2.11. The second-order valence-electron chi connectivity index (χ2n) is 7.04. The van der Waals surface area contributed by atoms with E-state index in [0.717, 1.165) is 19.4 Å². The number of nitrogens with one attached hydrogen (secondary N) is 1. The van der Waals surface area contributed by atoms with Gasteiger partial charge in [-0.3, -0.25) is 0 Å². The Morgan fingerprint density at radius 3 is 1.56 bits per heavy atom. The van der Waals surface area contributed by atoms with Crippen LogP contribution in [0.25, 0.3) is 0 Å². The second-order valence-corrected chi connectivity index (χ2v) is 7.04. The van der Waals surface area contributed by atoms with Gasteiger partial charge in [0.2, 0.25) is 0 Å². The van der Waals surface area contributed by atoms with Crippen molar-refractivity contribution >= 4 is 0 Å². The lowest BCUT2D eigenvalue weighted by Gasteiger charge is -2.25. The van der Waals surface area contributed by atoms with E-state index in [2.05, 4.69) is 12.2 Å². The van der Waals surface area contributed by atoms with Crippen LogP contribution in [-0.4, -0.2) is 69.6 Å². The summed E-state index contributed by atoms with van der Waals surface area (Å²) in [6.45, 7) is 2.48. The summed E-state index contributed by atoms with van der Waals surface area (Å²) in [4.78, 5) is 0. The SMILES string of the molecule is CCCCCCCCCCCCCNCC(O)C(O)C(O)C(O)CO. The number of rotatable bonds is 18. The highest BCUT2D eigenvalue weighted by Gasteiger charge is 2.29. The predicted octanol–water partition coefficient (Wildman–Crippen LogP) is 1.32. The van der Waals surface area contributed by atoms with Crippen LogP contribution in [0, 0.1) is 0 Å². The zero-order chi connectivity index (χ0) is 18.9. The first-order valence-electron chi connectivity index (χ1n) is 10.1. The largest absolute Gasteiger partial charge is 0.394 e. The van der Waals surface area contributed by atoms with Crippen molar-refractivity contribution in [2.75, 3.05) is 19.7 Å². The lowest BCUT2D eigenvalue weighted by molar-refractivity contribution is -0.113. The second kappa shape index (κ2) is 17.2. The molecule has 0 spiro atoms. The molecule has 4 unspecified atom stereocenters. The lowest BCUT2D eigenvalue weighted by Crippen LogP contribution is -2.49. The molecule has 0 fully saturated rings. The van der Waals surface area contributed by atoms with Gasteiger partial charge in [0, 0.05) is 6.54 Å². The normalized spacial score (nSPS) is 16.6. The summed E-state index contributed by atoms with van der Waals surface area (Å²) >= 11 is 0. The highest BCUT2D eigenvalue weighted by atomic mass is 16.4. The van der Waals surface area contributed by atoms with Crippen LogP contribution in [0.15, 0.2) is 0 Å². The molecule has 6 N–H and O–H groups in total. The number of unbranched alkanes of at least 4 members (excludes halogenated alkanes) is 10. The van der Waals surface area contributed by atoms with E-state index in [1.807, 2.05) is 0 Å². The van der Waals surface area contributed by atoms with Crippen molar-refractivity contribution in [2.24, 2.45) is 0 Å². The Bertz CT molecular complexity index is 281. The molecule has 0 amide bonds. The molecular formula is C19H41NO5. The van der Waals surface area contributed by atoms with Crippen LogP contribution in [0.3, 0.4) is 0 Å². The summed E-state index contributed by atoms with van der Waals surface area (Å²) in [5.41, 5.74) is 0. The molecule has 0 heterocycles. The molecule has 0 radical (unpaired) electrons. The maximum absolute atomic E-state index is 9.74. The molecule has 0 aromatic heterocycles. The first kappa shape index (κ1) is 24.8. The molecule has 25 heavy (non-hydrogen) atoms. The maximum atomic E-state index is 9.74. The van der Waals surface area contributed by atoms with E-state index >= 15 is 0 Å². The molecule has 6 heteroatoms. The summed E-state index contributed by atoms with van der Waals surface area (Å²) in [6, 6.07) is 0. The molecule has 0 aliphatic heterocycles. The average molecular weight is 364 g/mol. The molecule has 4 atom stereocenters. The smallest absolute Gasteiger partial charge is 0.111 e. The highest BCUT2D eigenvalue weighted by molar-refractivity contribution is 4.81. The summed E-state index contributed by atoms with van der Waals surface area (Å²) in [7, 11) is 0. The molecule has 0 saturated carbocycles. The zero-order valence-electron chi connectivity index (χ0n) is 15.9. The van der Waals surface area contributed by atoms with Crippen LogP contribution in [-0.2, 0) is 0 Å². The van der Waals surface area contributed by atoms with Crippen LogP contribution >= 0.6 is 0 Å². The predicted molar refractivity (Wildman–Crippen MR) is 100 cm³/mol. The van der Waals surface area contributed by atoms with E-state index in [1.54, 1.807) is 0 Å². The van der Waals surface area contributed by atoms with Gasteiger partial charge in [0.15, 0.2) is 0 Å². The third-order valence-corrected chi connectivity index (χ3v) is 4.64. The van der Waals surface area contributed by atoms with E-state index in [0.29, 0.717) is 0 Å². The third kappa shape index (κ3) is 13.6. The van der Waals surface area contributed by atoms with Crippen molar-refractivity contribution in [3.63, 3.8) is 0 Å². The Morgan fingerprint density at radius 2 is 1.08 bits per heavy atom. The van der Waals surface area contributed by atoms with E-state index in [1.165, 1.54) is 57.8 Å². The molecule has 0 aliphatic rings. The van der Waals surface area contributed by atoms with Crippen molar-refractivity contribution < 1.29 is 25.5 Å². The molecule has 0 aromatic rings. The standard InChI is InChI=1S/C19H41NO5/c1-2-3-4-5-6-7-8-9-10-11-12-13-20-14-16(22)18(24)19(25)17(23)15-21/h16-25H,2-15H2,1H3. The van der Waals surface area contributed by atoms with Crippen LogP contribution in [0.2, 0.25) is 0 Å². The molecule has 0 rings (SSSR count). The van der Waals surface area contributed by atoms with Gasteiger partial charge in [0.05, 0.1) is 12.7 Å². The first-order valence-corrected chi connectivity index (χ1v) is 10.1. The van der Waals surface area contributed by atoms with Gasteiger partial charge in [-0.2, -0.15) is 0 Å². The van der Waals surface area contributed by atoms with Gasteiger partial charge in [0.1, 0.15) is 18.3 Å². The molecular weight excluding hydrogens is 322 g/mol. The van der Waals surface area contributed by atoms with Crippen LogP contribution in [0.4, 0.5) is 0 Å². The van der Waals surface area contributed by atoms with Crippen LogP contribution < -0.4 is 5.32 Å². The van der Waals surface area contributed by atoms with E-state index in [9.17, 15) is 20.4 Å². The van der Waals surface area contributed by atoms with Crippen LogP contribution in [0.1, 0.15) is 77.6 Å². The Kier molecular flexibility index (Phi) is 17.0. The summed E-state index contributed by atoms with van der Waals surface area (Å²) in [5, 5.41) is 49.9. The molecule has 0 aliphatic carbocycles. The van der Waals surface area contributed by atoms with E-state index in [-0.39, 0.29) is 6.54 Å². The Labute approximate surface area is 153 Å². The van der Waals surface area contributed by atoms with Gasteiger partial charge in [-0.15, -0.1) is 0 Å². The molecule has 0 saturated heterocycles. The quantitative estimate of drug-likeness (QED) is 0.205. The van der Waals surface area contributed by atoms with Gasteiger partial charge in [0.25, 0.3) is 0 Å². The van der Waals surface area contributed by atoms with Crippen molar-refractivity contribution in [3.05, 3.63) is 0 Å². The van der Waals surface area contributed by atoms with Crippen molar-refractivity contribution in [1.29, 1.82) is 0 Å². The minimum atomic E-state index is -1.55. The number of hydrogen-bond donors (Lipinski definition) is 6. The average Bonchev–Trinajstić information content (AvgIpc) is 2.63. The summed E-state index contributed by atoms with van der Waals surface area (Å²) < 4.78 is 0. The van der Waals surface area contributed by atoms with Gasteiger partial charge >= 0.3 is 0 Å². The maximum Gasteiger partial charge on any atom is 0.111 e. The summed E-state index contributed by atoms with van der Waals surface area (Å²) in [6.07, 6.45) is 8.43. The minimum absolute atomic E-state index is 0.147. The number of aliphatic hydroxyl groups excluding tert-OH is 5. The van der Waals surface area contributed by atoms with Gasteiger partial charge in [-0.05, 0) is 13.0 Å². The van der Waals surface area contributed by atoms with Gasteiger partial charge in [-0.1, -0.05) is 71.1 Å². The minimum Gasteiger partial charge on any atom is -0.394 e. The van der Waals surface area contributed by atoms with Crippen molar-refractivity contribution in [2.45, 2.75) is 102 Å². The molecule has 6 nitrogen and oxygen atoms in total. The lowest BCUT2D eigenvalue weighted by atomic mass is 10.0. The summed E-state index contributed by atoms with van der Waals surface area (Å²) in [5.74, 6) is 0. The number of hydrogen-bond acceptors (Lipinski definition) is 6. The first-order chi connectivity index (χ1) is 12.0. The Balaban J connectivity index is 3.40. The topological polar surface area (TPSA) is 113 Å². The molecule has 0 bridgehead atoms. The zero-order valence-corrected chi connectivity index (χ0v) is 15.9. The van der Waals surface area contributed by atoms with E-state index in [4.69, 9.17) is 5.11 Å². The van der Waals surface area contributed by atoms with Gasteiger partial charge in [-0.25, -0.2) is 0 Å². The molecule has 0 aromatic carbocycles. The van der Waals surface area contributed by atoms with E-state index < -0.39 is 31.0 Å². The number of aliphatic hydroxyl groups is 5. The Hall–Kier alpha value is -0.240. The fourth-order valence-corrected chi connectivity index (χ4v) is 2.85. The fourth-order valence-electron chi connectivity index (χ4n) is 2.85. The van der Waals surface area contributed by atoms with Crippen molar-refractivity contribution in [1.82, 2.24) is 5.32 Å². The monoisotopic (exact) mass is 363 g/mol. The third-order valence-electron chi connectivity index (χ3n) is 4.64. The fraction of sp³-hybridized carbons (Fsp3) is 1.00.